The van der Waals surface area contributed by atoms with Gasteiger partial charge in [-0.1, -0.05) is 11.6 Å². The van der Waals surface area contributed by atoms with Crippen LogP contribution in [0.2, 0.25) is 5.02 Å². The predicted molar refractivity (Wildman–Crippen MR) is 64.8 cm³/mol. The molecular weight excluding hydrogens is 228 g/mol. The van der Waals surface area contributed by atoms with E-state index >= 15 is 0 Å². The second kappa shape index (κ2) is 6.17. The monoisotopic (exact) mass is 242 g/mol. The van der Waals surface area contributed by atoms with Crippen molar-refractivity contribution in [3.8, 4) is 0 Å². The van der Waals surface area contributed by atoms with E-state index in [1.165, 1.54) is 4.90 Å². The Labute approximate surface area is 99.8 Å². The third-order valence-corrected chi connectivity index (χ3v) is 2.20. The molecule has 0 aromatic carbocycles. The molecule has 1 heterocycles. The minimum Gasteiger partial charge on any atom is -0.382 e. The summed E-state index contributed by atoms with van der Waals surface area (Å²) < 4.78 is 0. The molecule has 0 spiro atoms. The molecule has 88 valence electrons. The Kier molecular flexibility index (Phi) is 4.85. The number of carbonyl (C=O) groups is 1. The van der Waals surface area contributed by atoms with Crippen LogP contribution < -0.4 is 10.6 Å². The van der Waals surface area contributed by atoms with E-state index in [0.717, 1.165) is 5.69 Å². The van der Waals surface area contributed by atoms with Crippen LogP contribution in [-0.4, -0.2) is 43.1 Å². The van der Waals surface area contributed by atoms with Gasteiger partial charge in [0.1, 0.15) is 0 Å². The molecule has 0 saturated carbocycles. The predicted octanol–water partition coefficient (Wildman–Crippen LogP) is 1.42. The van der Waals surface area contributed by atoms with Gasteiger partial charge in [0.25, 0.3) is 0 Å². The Bertz CT molecular complexity index is 356. The number of pyridine rings is 1. The first-order chi connectivity index (χ1) is 7.61. The van der Waals surface area contributed by atoms with Crippen LogP contribution in [0, 0.1) is 0 Å². The summed E-state index contributed by atoms with van der Waals surface area (Å²) in [6, 6.07) is 1.68. The number of urea groups is 1. The molecule has 1 aromatic heterocycles. The van der Waals surface area contributed by atoms with Gasteiger partial charge >= 0.3 is 6.03 Å². The first kappa shape index (κ1) is 12.6. The number of nitrogens with one attached hydrogen (secondary N) is 2. The van der Waals surface area contributed by atoms with Crippen molar-refractivity contribution >= 4 is 23.3 Å². The number of hydrogen-bond donors (Lipinski definition) is 2. The fourth-order valence-corrected chi connectivity index (χ4v) is 1.23. The topological polar surface area (TPSA) is 57.3 Å². The minimum absolute atomic E-state index is 0.109. The zero-order chi connectivity index (χ0) is 12.0. The molecule has 0 unspecified atom stereocenters. The summed E-state index contributed by atoms with van der Waals surface area (Å²) in [5.41, 5.74) is 0.816. The average molecular weight is 243 g/mol. The fourth-order valence-electron chi connectivity index (χ4n) is 1.04. The molecule has 0 radical (unpaired) electrons. The lowest BCUT2D eigenvalue weighted by Gasteiger charge is -2.12. The summed E-state index contributed by atoms with van der Waals surface area (Å²) in [6.07, 6.45) is 3.23. The molecule has 5 nitrogen and oxygen atoms in total. The maximum Gasteiger partial charge on any atom is 0.316 e. The van der Waals surface area contributed by atoms with Crippen molar-refractivity contribution in [3.05, 3.63) is 23.5 Å². The maximum atomic E-state index is 11.2. The SMILES string of the molecule is CN(C)C(=O)NCCNc1ccncc1Cl. The molecule has 6 heteroatoms. The minimum atomic E-state index is -0.109. The van der Waals surface area contributed by atoms with Gasteiger partial charge in [-0.15, -0.1) is 0 Å². The van der Waals surface area contributed by atoms with Gasteiger partial charge < -0.3 is 15.5 Å². The number of hydrogen-bond acceptors (Lipinski definition) is 3. The molecule has 0 saturated heterocycles. The van der Waals surface area contributed by atoms with Crippen LogP contribution in [0.3, 0.4) is 0 Å². The molecule has 1 aromatic rings. The fraction of sp³-hybridized carbons (Fsp3) is 0.400. The molecule has 16 heavy (non-hydrogen) atoms. The van der Waals surface area contributed by atoms with E-state index in [1.54, 1.807) is 32.6 Å². The van der Waals surface area contributed by atoms with Crippen LogP contribution in [0.4, 0.5) is 10.5 Å². The molecule has 2 N–H and O–H groups in total. The lowest BCUT2D eigenvalue weighted by molar-refractivity contribution is 0.218. The molecule has 0 aliphatic rings. The Morgan fingerprint density at radius 3 is 2.88 bits per heavy atom. The van der Waals surface area contributed by atoms with Gasteiger partial charge in [0.15, 0.2) is 0 Å². The largest absolute Gasteiger partial charge is 0.382 e. The van der Waals surface area contributed by atoms with Gasteiger partial charge in [0.2, 0.25) is 0 Å². The molecule has 2 amide bonds. The lowest BCUT2D eigenvalue weighted by atomic mass is 10.4. The normalized spacial score (nSPS) is 9.69. The van der Waals surface area contributed by atoms with E-state index in [9.17, 15) is 4.79 Å². The summed E-state index contributed by atoms with van der Waals surface area (Å²) >= 11 is 5.90. The van der Waals surface area contributed by atoms with E-state index in [4.69, 9.17) is 11.6 Å². The highest BCUT2D eigenvalue weighted by Crippen LogP contribution is 2.18. The van der Waals surface area contributed by atoms with Crippen LogP contribution in [0.15, 0.2) is 18.5 Å². The highest BCUT2D eigenvalue weighted by atomic mass is 35.5. The van der Waals surface area contributed by atoms with E-state index in [2.05, 4.69) is 15.6 Å². The van der Waals surface area contributed by atoms with E-state index in [0.29, 0.717) is 18.1 Å². The third-order valence-electron chi connectivity index (χ3n) is 1.90. The summed E-state index contributed by atoms with van der Waals surface area (Å²) in [6.45, 7) is 1.15. The number of carbonyl (C=O) groups excluding carboxylic acids is 1. The van der Waals surface area contributed by atoms with Crippen LogP contribution in [0.5, 0.6) is 0 Å². The zero-order valence-corrected chi connectivity index (χ0v) is 10.1. The number of nitrogens with zero attached hydrogens (tertiary/aromatic N) is 2. The first-order valence-electron chi connectivity index (χ1n) is 4.90. The van der Waals surface area contributed by atoms with Gasteiger partial charge in [0.05, 0.1) is 10.7 Å². The second-order valence-electron chi connectivity index (χ2n) is 3.41. The van der Waals surface area contributed by atoms with Crippen molar-refractivity contribution in [2.75, 3.05) is 32.5 Å². The van der Waals surface area contributed by atoms with Crippen LogP contribution >= 0.6 is 11.6 Å². The highest BCUT2D eigenvalue weighted by Gasteiger charge is 2.01. The number of aromatic nitrogens is 1. The smallest absolute Gasteiger partial charge is 0.316 e. The molecule has 0 bridgehead atoms. The van der Waals surface area contributed by atoms with Crippen LogP contribution in [0.1, 0.15) is 0 Å². The third kappa shape index (κ3) is 3.94. The number of anilines is 1. The average Bonchev–Trinajstić information content (AvgIpc) is 2.26. The Hall–Kier alpha value is -1.49. The standard InChI is InChI=1S/C10H15ClN4O/c1-15(2)10(16)14-6-5-13-9-3-4-12-7-8(9)11/h3-4,7H,5-6H2,1-2H3,(H,12,13)(H,14,16). The Morgan fingerprint density at radius 2 is 2.25 bits per heavy atom. The van der Waals surface area contributed by atoms with E-state index in [-0.39, 0.29) is 6.03 Å². The van der Waals surface area contributed by atoms with Crippen molar-refractivity contribution < 1.29 is 4.79 Å². The maximum absolute atomic E-state index is 11.2. The first-order valence-corrected chi connectivity index (χ1v) is 5.27. The number of rotatable bonds is 4. The van der Waals surface area contributed by atoms with Gasteiger partial charge in [-0.05, 0) is 6.07 Å². The quantitative estimate of drug-likeness (QED) is 0.786. The van der Waals surface area contributed by atoms with Gasteiger partial charge in [-0.25, -0.2) is 4.79 Å². The van der Waals surface area contributed by atoms with E-state index < -0.39 is 0 Å². The molecule has 0 fully saturated rings. The Balaban J connectivity index is 2.26. The van der Waals surface area contributed by atoms with Gasteiger partial charge in [0, 0.05) is 39.6 Å². The van der Waals surface area contributed by atoms with Crippen molar-refractivity contribution in [3.63, 3.8) is 0 Å². The summed E-state index contributed by atoms with van der Waals surface area (Å²) in [5.74, 6) is 0. The summed E-state index contributed by atoms with van der Waals surface area (Å²) in [5, 5.41) is 6.41. The van der Waals surface area contributed by atoms with E-state index in [1.807, 2.05) is 0 Å². The van der Waals surface area contributed by atoms with Crippen molar-refractivity contribution in [2.24, 2.45) is 0 Å². The Morgan fingerprint density at radius 1 is 1.50 bits per heavy atom. The van der Waals surface area contributed by atoms with Crippen molar-refractivity contribution in [1.82, 2.24) is 15.2 Å². The summed E-state index contributed by atoms with van der Waals surface area (Å²) in [4.78, 5) is 16.5. The molecule has 1 rings (SSSR count). The van der Waals surface area contributed by atoms with Crippen LogP contribution in [0.25, 0.3) is 0 Å². The number of amides is 2. The highest BCUT2D eigenvalue weighted by molar-refractivity contribution is 6.33. The van der Waals surface area contributed by atoms with Crippen LogP contribution in [-0.2, 0) is 0 Å². The van der Waals surface area contributed by atoms with Crippen molar-refractivity contribution in [2.45, 2.75) is 0 Å². The molecule has 0 aliphatic carbocycles. The molecular formula is C10H15ClN4O. The van der Waals surface area contributed by atoms with Crippen molar-refractivity contribution in [1.29, 1.82) is 0 Å². The second-order valence-corrected chi connectivity index (χ2v) is 3.82. The summed E-state index contributed by atoms with van der Waals surface area (Å²) in [7, 11) is 3.39. The molecule has 0 atom stereocenters. The van der Waals surface area contributed by atoms with Gasteiger partial charge in [-0.3, -0.25) is 4.98 Å². The van der Waals surface area contributed by atoms with Gasteiger partial charge in [-0.2, -0.15) is 0 Å². The zero-order valence-electron chi connectivity index (χ0n) is 9.33. The molecule has 0 aliphatic heterocycles. The lowest BCUT2D eigenvalue weighted by Crippen LogP contribution is -2.37. The number of halogens is 1.